The summed E-state index contributed by atoms with van der Waals surface area (Å²) in [5.41, 5.74) is 2.48. The summed E-state index contributed by atoms with van der Waals surface area (Å²) in [6, 6.07) is 1.39. The van der Waals surface area contributed by atoms with E-state index in [0.717, 1.165) is 25.2 Å². The third kappa shape index (κ3) is 3.89. The second kappa shape index (κ2) is 7.25. The summed E-state index contributed by atoms with van der Waals surface area (Å²) >= 11 is 5.73. The molecule has 3 rings (SSSR count). The molecule has 0 bridgehead atoms. The molecule has 2 aromatic rings. The number of fused-ring (bicyclic) bond motifs is 1. The Morgan fingerprint density at radius 2 is 2.29 bits per heavy atom. The van der Waals surface area contributed by atoms with Crippen LogP contribution in [0, 0.1) is 0 Å². The first-order valence-corrected chi connectivity index (χ1v) is 8.06. The first-order valence-electron chi connectivity index (χ1n) is 7.68. The molecular formula is C15H19ClN6O2. The molecule has 3 heterocycles. The Morgan fingerprint density at radius 1 is 1.46 bits per heavy atom. The van der Waals surface area contributed by atoms with Crippen molar-refractivity contribution in [1.82, 2.24) is 29.7 Å². The predicted octanol–water partition coefficient (Wildman–Crippen LogP) is 0.0125. The molecule has 0 saturated carbocycles. The van der Waals surface area contributed by atoms with Crippen molar-refractivity contribution in [3.63, 3.8) is 0 Å². The number of imidazole rings is 1. The van der Waals surface area contributed by atoms with Gasteiger partial charge in [0.1, 0.15) is 17.2 Å². The lowest BCUT2D eigenvalue weighted by atomic mass is 10.1. The van der Waals surface area contributed by atoms with Crippen LogP contribution in [0.3, 0.4) is 0 Å². The molecule has 0 unspecified atom stereocenters. The van der Waals surface area contributed by atoms with E-state index in [-0.39, 0.29) is 23.3 Å². The quantitative estimate of drug-likeness (QED) is 0.738. The molecule has 24 heavy (non-hydrogen) atoms. The topological polar surface area (TPSA) is 96.2 Å². The molecule has 1 aliphatic rings. The molecule has 0 spiro atoms. The van der Waals surface area contributed by atoms with E-state index in [1.807, 2.05) is 17.9 Å². The lowest BCUT2D eigenvalue weighted by Gasteiger charge is -2.28. The average molecular weight is 351 g/mol. The molecule has 1 aliphatic heterocycles. The Morgan fingerprint density at radius 3 is 3.08 bits per heavy atom. The van der Waals surface area contributed by atoms with Crippen LogP contribution in [0.15, 0.2) is 18.7 Å². The summed E-state index contributed by atoms with van der Waals surface area (Å²) in [5.74, 6) is -0.383. The molecule has 1 atom stereocenters. The summed E-state index contributed by atoms with van der Waals surface area (Å²) in [4.78, 5) is 26.1. The van der Waals surface area contributed by atoms with E-state index in [9.17, 15) is 9.90 Å². The van der Waals surface area contributed by atoms with Gasteiger partial charge in [-0.25, -0.2) is 15.0 Å². The van der Waals surface area contributed by atoms with Gasteiger partial charge in [0.05, 0.1) is 23.8 Å². The lowest BCUT2D eigenvalue weighted by Crippen LogP contribution is -2.42. The number of β-amino-alcohol motifs (C(OH)–C–C–N with tert-alkyl or cyclic N) is 1. The zero-order valence-corrected chi connectivity index (χ0v) is 14.1. The molecule has 0 aliphatic carbocycles. The van der Waals surface area contributed by atoms with Gasteiger partial charge in [-0.2, -0.15) is 0 Å². The van der Waals surface area contributed by atoms with Crippen LogP contribution < -0.4 is 5.32 Å². The maximum atomic E-state index is 12.0. The highest BCUT2D eigenvalue weighted by atomic mass is 35.5. The number of rotatable bonds is 5. The number of aliphatic hydroxyl groups is 1. The predicted molar refractivity (Wildman–Crippen MR) is 87.6 cm³/mol. The largest absolute Gasteiger partial charge is 0.390 e. The molecule has 9 heteroatoms. The molecule has 2 N–H and O–H groups in total. The van der Waals surface area contributed by atoms with Crippen molar-refractivity contribution >= 4 is 17.5 Å². The summed E-state index contributed by atoms with van der Waals surface area (Å²) in [5, 5.41) is 13.0. The number of carbonyl (C=O) groups is 1. The number of carbonyl (C=O) groups excluding carboxylic acids is 1. The van der Waals surface area contributed by atoms with Gasteiger partial charge >= 0.3 is 0 Å². The Balaban J connectivity index is 1.49. The molecule has 128 valence electrons. The van der Waals surface area contributed by atoms with Crippen molar-refractivity contribution in [1.29, 1.82) is 0 Å². The van der Waals surface area contributed by atoms with Gasteiger partial charge in [0.2, 0.25) is 0 Å². The summed E-state index contributed by atoms with van der Waals surface area (Å²) < 4.78 is 2.01. The highest BCUT2D eigenvalue weighted by Crippen LogP contribution is 2.16. The number of nitrogens with one attached hydrogen (secondary N) is 1. The maximum Gasteiger partial charge on any atom is 0.270 e. The smallest absolute Gasteiger partial charge is 0.270 e. The third-order valence-electron chi connectivity index (χ3n) is 4.02. The SMILES string of the molecule is Cn1cnc2c1CN(C[C@@H](O)CNC(=O)c1cc(Cl)ncn1)CC2. The molecule has 0 aromatic carbocycles. The van der Waals surface area contributed by atoms with Gasteiger partial charge in [-0.05, 0) is 0 Å². The van der Waals surface area contributed by atoms with E-state index >= 15 is 0 Å². The summed E-state index contributed by atoms with van der Waals surface area (Å²) in [7, 11) is 1.97. The first kappa shape index (κ1) is 16.8. The van der Waals surface area contributed by atoms with Crippen molar-refractivity contribution in [2.45, 2.75) is 19.1 Å². The van der Waals surface area contributed by atoms with Crippen molar-refractivity contribution in [3.05, 3.63) is 41.0 Å². The van der Waals surface area contributed by atoms with Crippen molar-refractivity contribution in [2.24, 2.45) is 7.05 Å². The Kier molecular flexibility index (Phi) is 5.08. The fourth-order valence-corrected chi connectivity index (χ4v) is 2.89. The van der Waals surface area contributed by atoms with Gasteiger partial charge in [-0.15, -0.1) is 0 Å². The van der Waals surface area contributed by atoms with Gasteiger partial charge < -0.3 is 15.0 Å². The van der Waals surface area contributed by atoms with Crippen LogP contribution in [0.2, 0.25) is 5.15 Å². The molecular weight excluding hydrogens is 332 g/mol. The highest BCUT2D eigenvalue weighted by Gasteiger charge is 2.22. The Labute approximate surface area is 144 Å². The van der Waals surface area contributed by atoms with Gasteiger partial charge in [0.25, 0.3) is 5.91 Å². The number of nitrogens with zero attached hydrogens (tertiary/aromatic N) is 5. The minimum Gasteiger partial charge on any atom is -0.390 e. The van der Waals surface area contributed by atoms with Crippen LogP contribution in [0.4, 0.5) is 0 Å². The normalized spacial score (nSPS) is 15.8. The standard InChI is InChI=1S/C15H19ClN6O2/c1-21-9-20-11-2-3-22(7-13(11)21)6-10(23)5-17-15(24)12-4-14(16)19-8-18-12/h4,8-10,23H,2-3,5-7H2,1H3,(H,17,24)/t10-/m0/s1. The summed E-state index contributed by atoms with van der Waals surface area (Å²) in [6.07, 6.45) is 3.25. The van der Waals surface area contributed by atoms with E-state index < -0.39 is 6.10 Å². The molecule has 8 nitrogen and oxygen atoms in total. The third-order valence-corrected chi connectivity index (χ3v) is 4.22. The zero-order valence-electron chi connectivity index (χ0n) is 13.3. The number of amides is 1. The van der Waals surface area contributed by atoms with E-state index in [1.165, 1.54) is 18.1 Å². The highest BCUT2D eigenvalue weighted by molar-refractivity contribution is 6.29. The average Bonchev–Trinajstić information content (AvgIpc) is 2.93. The van der Waals surface area contributed by atoms with Gasteiger partial charge in [-0.3, -0.25) is 9.69 Å². The molecule has 0 fully saturated rings. The number of aromatic nitrogens is 4. The number of halogens is 1. The fourth-order valence-electron chi connectivity index (χ4n) is 2.75. The van der Waals surface area contributed by atoms with E-state index in [0.29, 0.717) is 6.54 Å². The van der Waals surface area contributed by atoms with Crippen LogP contribution in [0.5, 0.6) is 0 Å². The van der Waals surface area contributed by atoms with Crippen molar-refractivity contribution in [3.8, 4) is 0 Å². The number of aliphatic hydroxyl groups excluding tert-OH is 1. The first-order chi connectivity index (χ1) is 11.5. The Hall–Kier alpha value is -2.03. The van der Waals surface area contributed by atoms with Gasteiger partial charge in [0, 0.05) is 45.7 Å². The number of aryl methyl sites for hydroxylation is 1. The molecule has 0 saturated heterocycles. The minimum absolute atomic E-state index is 0.148. The van der Waals surface area contributed by atoms with E-state index in [2.05, 4.69) is 25.2 Å². The second-order valence-electron chi connectivity index (χ2n) is 5.82. The number of hydrogen-bond acceptors (Lipinski definition) is 6. The van der Waals surface area contributed by atoms with E-state index in [4.69, 9.17) is 11.6 Å². The van der Waals surface area contributed by atoms with Crippen molar-refractivity contribution < 1.29 is 9.90 Å². The van der Waals surface area contributed by atoms with Crippen LogP contribution in [-0.4, -0.2) is 61.2 Å². The van der Waals surface area contributed by atoms with Gasteiger partial charge in [-0.1, -0.05) is 11.6 Å². The Bertz CT molecular complexity index is 735. The monoisotopic (exact) mass is 350 g/mol. The molecule has 2 aromatic heterocycles. The minimum atomic E-state index is -0.666. The van der Waals surface area contributed by atoms with E-state index in [1.54, 1.807) is 0 Å². The maximum absolute atomic E-state index is 12.0. The van der Waals surface area contributed by atoms with Crippen molar-refractivity contribution in [2.75, 3.05) is 19.6 Å². The second-order valence-corrected chi connectivity index (χ2v) is 6.21. The zero-order chi connectivity index (χ0) is 17.1. The summed E-state index contributed by atoms with van der Waals surface area (Å²) in [6.45, 7) is 2.22. The fraction of sp³-hybridized carbons (Fsp3) is 0.467. The van der Waals surface area contributed by atoms with Crippen LogP contribution in [-0.2, 0) is 20.0 Å². The van der Waals surface area contributed by atoms with Crippen LogP contribution >= 0.6 is 11.6 Å². The molecule has 1 amide bonds. The molecule has 0 radical (unpaired) electrons. The van der Waals surface area contributed by atoms with Crippen LogP contribution in [0.25, 0.3) is 0 Å². The lowest BCUT2D eigenvalue weighted by molar-refractivity contribution is 0.0833. The van der Waals surface area contributed by atoms with Crippen LogP contribution in [0.1, 0.15) is 21.9 Å². The number of hydrogen-bond donors (Lipinski definition) is 2. The van der Waals surface area contributed by atoms with Gasteiger partial charge in [0.15, 0.2) is 0 Å².